The first-order chi connectivity index (χ1) is 13.2. The molecule has 2 aliphatic heterocycles. The first-order valence-corrected chi connectivity index (χ1v) is 10.2. The lowest BCUT2D eigenvalue weighted by Crippen LogP contribution is -2.35. The molecule has 0 saturated carbocycles. The minimum Gasteiger partial charge on any atom is -0.494 e. The quantitative estimate of drug-likeness (QED) is 0.753. The van der Waals surface area contributed by atoms with Crippen LogP contribution in [0.4, 0.5) is 5.95 Å². The summed E-state index contributed by atoms with van der Waals surface area (Å²) in [6, 6.07) is 8.42. The zero-order valence-electron chi connectivity index (χ0n) is 16.9. The van der Waals surface area contributed by atoms with Crippen LogP contribution in [0.1, 0.15) is 43.5 Å². The van der Waals surface area contributed by atoms with Crippen molar-refractivity contribution >= 4 is 18.4 Å². The van der Waals surface area contributed by atoms with E-state index in [1.807, 2.05) is 13.0 Å². The van der Waals surface area contributed by atoms with E-state index in [0.717, 1.165) is 56.8 Å². The van der Waals surface area contributed by atoms with Crippen molar-refractivity contribution in [2.45, 2.75) is 46.2 Å². The van der Waals surface area contributed by atoms with E-state index in [2.05, 4.69) is 46.1 Å². The maximum atomic E-state index is 5.63. The highest BCUT2D eigenvalue weighted by Crippen LogP contribution is 2.24. The lowest BCUT2D eigenvalue weighted by Gasteiger charge is -2.32. The molecule has 1 fully saturated rings. The van der Waals surface area contributed by atoms with E-state index in [-0.39, 0.29) is 12.4 Å². The van der Waals surface area contributed by atoms with Crippen LogP contribution in [0.3, 0.4) is 0 Å². The lowest BCUT2D eigenvalue weighted by molar-refractivity contribution is 0.242. The van der Waals surface area contributed by atoms with Gasteiger partial charge in [0.1, 0.15) is 5.75 Å². The van der Waals surface area contributed by atoms with Gasteiger partial charge in [-0.25, -0.2) is 9.97 Å². The summed E-state index contributed by atoms with van der Waals surface area (Å²) in [5, 5.41) is 0. The summed E-state index contributed by atoms with van der Waals surface area (Å²) in [4.78, 5) is 14.4. The number of hydrogen-bond acceptors (Lipinski definition) is 5. The third-order valence-corrected chi connectivity index (χ3v) is 5.68. The van der Waals surface area contributed by atoms with Gasteiger partial charge in [0.15, 0.2) is 0 Å². The SMILES string of the molecule is CCOc1cccc(CN2CCc3nc(N4CCC(C)CC4)ncc3C2)c1.Cl. The molecular weight excluding hydrogens is 372 g/mol. The predicted molar refractivity (Wildman–Crippen MR) is 115 cm³/mol. The predicted octanol–water partition coefficient (Wildman–Crippen LogP) is 4.09. The number of fused-ring (bicyclic) bond motifs is 1. The molecule has 28 heavy (non-hydrogen) atoms. The number of hydrogen-bond donors (Lipinski definition) is 0. The first kappa shape index (κ1) is 20.9. The highest BCUT2D eigenvalue weighted by Gasteiger charge is 2.22. The number of ether oxygens (including phenoxy) is 1. The first-order valence-electron chi connectivity index (χ1n) is 10.2. The molecule has 5 nitrogen and oxygen atoms in total. The maximum Gasteiger partial charge on any atom is 0.225 e. The monoisotopic (exact) mass is 402 g/mol. The molecule has 152 valence electrons. The average Bonchev–Trinajstić information content (AvgIpc) is 2.69. The van der Waals surface area contributed by atoms with Crippen LogP contribution in [0.2, 0.25) is 0 Å². The Labute approximate surface area is 174 Å². The summed E-state index contributed by atoms with van der Waals surface area (Å²) < 4.78 is 5.63. The molecule has 0 unspecified atom stereocenters. The van der Waals surface area contributed by atoms with Gasteiger partial charge in [-0.15, -0.1) is 12.4 Å². The second-order valence-corrected chi connectivity index (χ2v) is 7.85. The average molecular weight is 403 g/mol. The third kappa shape index (κ3) is 4.95. The minimum absolute atomic E-state index is 0. The van der Waals surface area contributed by atoms with Crippen molar-refractivity contribution in [3.05, 3.63) is 47.3 Å². The smallest absolute Gasteiger partial charge is 0.225 e. The van der Waals surface area contributed by atoms with Crippen molar-refractivity contribution in [3.63, 3.8) is 0 Å². The molecular formula is C22H31ClN4O. The molecule has 0 radical (unpaired) electrons. The van der Waals surface area contributed by atoms with E-state index in [9.17, 15) is 0 Å². The number of halogens is 1. The van der Waals surface area contributed by atoms with E-state index in [1.54, 1.807) is 0 Å². The van der Waals surface area contributed by atoms with E-state index in [0.29, 0.717) is 6.61 Å². The fourth-order valence-corrected chi connectivity index (χ4v) is 4.02. The highest BCUT2D eigenvalue weighted by molar-refractivity contribution is 5.85. The fourth-order valence-electron chi connectivity index (χ4n) is 4.02. The number of anilines is 1. The molecule has 0 atom stereocenters. The van der Waals surface area contributed by atoms with Gasteiger partial charge in [0.2, 0.25) is 5.95 Å². The summed E-state index contributed by atoms with van der Waals surface area (Å²) in [5.41, 5.74) is 3.80. The lowest BCUT2D eigenvalue weighted by atomic mass is 9.99. The van der Waals surface area contributed by atoms with Crippen molar-refractivity contribution in [1.82, 2.24) is 14.9 Å². The zero-order chi connectivity index (χ0) is 18.6. The van der Waals surface area contributed by atoms with Gasteiger partial charge in [0.25, 0.3) is 0 Å². The molecule has 0 spiro atoms. The van der Waals surface area contributed by atoms with Gasteiger partial charge in [-0.2, -0.15) is 0 Å². The fraction of sp³-hybridized carbons (Fsp3) is 0.545. The Morgan fingerprint density at radius 2 is 2.00 bits per heavy atom. The van der Waals surface area contributed by atoms with Gasteiger partial charge in [-0.05, 0) is 43.4 Å². The summed E-state index contributed by atoms with van der Waals surface area (Å²) in [6.45, 7) is 10.1. The van der Waals surface area contributed by atoms with Gasteiger partial charge in [-0.1, -0.05) is 19.1 Å². The highest BCUT2D eigenvalue weighted by atomic mass is 35.5. The van der Waals surface area contributed by atoms with Gasteiger partial charge in [-0.3, -0.25) is 4.90 Å². The topological polar surface area (TPSA) is 41.5 Å². The van der Waals surface area contributed by atoms with Crippen LogP contribution in [-0.4, -0.2) is 41.1 Å². The minimum atomic E-state index is 0. The standard InChI is InChI=1S/C22H30N4O.ClH/c1-3-27-20-6-4-5-18(13-20)15-25-10-9-21-19(16-25)14-23-22(24-21)26-11-7-17(2)8-12-26;/h4-6,13-14,17H,3,7-12,15-16H2,1-2H3;1H. The molecule has 0 aliphatic carbocycles. The van der Waals surface area contributed by atoms with Crippen molar-refractivity contribution in [2.75, 3.05) is 31.1 Å². The zero-order valence-corrected chi connectivity index (χ0v) is 17.7. The summed E-state index contributed by atoms with van der Waals surface area (Å²) in [5.74, 6) is 2.71. The molecule has 1 saturated heterocycles. The second kappa shape index (κ2) is 9.57. The second-order valence-electron chi connectivity index (χ2n) is 7.85. The molecule has 2 aromatic rings. The number of benzene rings is 1. The molecule has 0 N–H and O–H groups in total. The Kier molecular flexibility index (Phi) is 7.13. The van der Waals surface area contributed by atoms with E-state index in [1.165, 1.54) is 29.7 Å². The third-order valence-electron chi connectivity index (χ3n) is 5.68. The summed E-state index contributed by atoms with van der Waals surface area (Å²) in [7, 11) is 0. The normalized spacial score (nSPS) is 17.7. The Morgan fingerprint density at radius 3 is 2.79 bits per heavy atom. The Hall–Kier alpha value is -1.85. The van der Waals surface area contributed by atoms with Gasteiger partial charge < -0.3 is 9.64 Å². The van der Waals surface area contributed by atoms with Gasteiger partial charge >= 0.3 is 0 Å². The number of nitrogens with zero attached hydrogens (tertiary/aromatic N) is 4. The van der Waals surface area contributed by atoms with E-state index < -0.39 is 0 Å². The van der Waals surface area contributed by atoms with Crippen LogP contribution >= 0.6 is 12.4 Å². The largest absolute Gasteiger partial charge is 0.494 e. The molecule has 3 heterocycles. The Morgan fingerprint density at radius 1 is 1.18 bits per heavy atom. The van der Waals surface area contributed by atoms with Crippen molar-refractivity contribution in [3.8, 4) is 5.75 Å². The Balaban J connectivity index is 0.00000225. The van der Waals surface area contributed by atoms with E-state index in [4.69, 9.17) is 9.72 Å². The molecule has 2 aliphatic rings. The van der Waals surface area contributed by atoms with Crippen LogP contribution in [0.5, 0.6) is 5.75 Å². The van der Waals surface area contributed by atoms with E-state index >= 15 is 0 Å². The van der Waals surface area contributed by atoms with Crippen LogP contribution in [0.25, 0.3) is 0 Å². The summed E-state index contributed by atoms with van der Waals surface area (Å²) in [6.07, 6.45) is 5.54. The summed E-state index contributed by atoms with van der Waals surface area (Å²) >= 11 is 0. The number of rotatable bonds is 5. The number of aromatic nitrogens is 2. The maximum absolute atomic E-state index is 5.63. The Bertz CT molecular complexity index is 777. The van der Waals surface area contributed by atoms with Crippen LogP contribution in [0.15, 0.2) is 30.5 Å². The van der Waals surface area contributed by atoms with Gasteiger partial charge in [0, 0.05) is 50.9 Å². The van der Waals surface area contributed by atoms with Crippen LogP contribution in [-0.2, 0) is 19.5 Å². The number of piperidine rings is 1. The van der Waals surface area contributed by atoms with Crippen molar-refractivity contribution in [1.29, 1.82) is 0 Å². The molecule has 0 amide bonds. The molecule has 4 rings (SSSR count). The molecule has 1 aromatic heterocycles. The van der Waals surface area contributed by atoms with Gasteiger partial charge in [0.05, 0.1) is 12.3 Å². The van der Waals surface area contributed by atoms with Crippen LogP contribution < -0.4 is 9.64 Å². The van der Waals surface area contributed by atoms with Crippen molar-refractivity contribution < 1.29 is 4.74 Å². The van der Waals surface area contributed by atoms with Crippen molar-refractivity contribution in [2.24, 2.45) is 5.92 Å². The van der Waals surface area contributed by atoms with Crippen LogP contribution in [0, 0.1) is 5.92 Å². The molecule has 1 aromatic carbocycles. The molecule has 6 heteroatoms. The molecule has 0 bridgehead atoms.